The van der Waals surface area contributed by atoms with Crippen molar-refractivity contribution >= 4 is 5.91 Å². The van der Waals surface area contributed by atoms with Gasteiger partial charge in [0.25, 0.3) is 5.91 Å². The molecule has 0 spiro atoms. The van der Waals surface area contributed by atoms with Crippen LogP contribution in [-0.2, 0) is 0 Å². The molecular formula is C14H19FN2O3. The lowest BCUT2D eigenvalue weighted by molar-refractivity contribution is 0.0738. The molecule has 1 heterocycles. The zero-order valence-corrected chi connectivity index (χ0v) is 11.9. The first-order valence-corrected chi connectivity index (χ1v) is 6.48. The van der Waals surface area contributed by atoms with Crippen molar-refractivity contribution in [2.24, 2.45) is 0 Å². The van der Waals surface area contributed by atoms with Crippen LogP contribution in [0.1, 0.15) is 16.8 Å². The third kappa shape index (κ3) is 2.70. The van der Waals surface area contributed by atoms with Crippen LogP contribution in [-0.4, -0.2) is 51.2 Å². The maximum absolute atomic E-state index is 14.1. The molecule has 1 aliphatic heterocycles. The SMILES string of the molecule is COc1cc(F)c(C(=O)N(C)[C@@H]2CCNC2)cc1OC. The van der Waals surface area contributed by atoms with Gasteiger partial charge in [-0.3, -0.25) is 4.79 Å². The number of ether oxygens (including phenoxy) is 2. The Morgan fingerprint density at radius 3 is 2.55 bits per heavy atom. The Labute approximate surface area is 117 Å². The van der Waals surface area contributed by atoms with Crippen LogP contribution in [0.25, 0.3) is 0 Å². The van der Waals surface area contributed by atoms with Crippen LogP contribution in [0.3, 0.4) is 0 Å². The summed E-state index contributed by atoms with van der Waals surface area (Å²) in [6.07, 6.45) is 0.872. The zero-order chi connectivity index (χ0) is 14.7. The number of halogens is 1. The summed E-state index contributed by atoms with van der Waals surface area (Å²) in [6.45, 7) is 1.61. The number of amides is 1. The Kier molecular flexibility index (Phi) is 4.44. The first kappa shape index (κ1) is 14.6. The van der Waals surface area contributed by atoms with E-state index in [0.717, 1.165) is 19.5 Å². The van der Waals surface area contributed by atoms with Crippen LogP contribution in [0.2, 0.25) is 0 Å². The average molecular weight is 282 g/mol. The number of hydrogen-bond acceptors (Lipinski definition) is 4. The molecule has 1 saturated heterocycles. The molecule has 1 aromatic rings. The molecule has 0 radical (unpaired) electrons. The standard InChI is InChI=1S/C14H19FN2O3/c1-17(9-4-5-16-8-9)14(18)10-6-12(19-2)13(20-3)7-11(10)15/h6-7,9,16H,4-5,8H2,1-3H3/t9-/m1/s1. The Hall–Kier alpha value is -1.82. The molecule has 20 heavy (non-hydrogen) atoms. The summed E-state index contributed by atoms with van der Waals surface area (Å²) in [5.41, 5.74) is -0.00273. The molecule has 1 N–H and O–H groups in total. The average Bonchev–Trinajstić information content (AvgIpc) is 2.99. The lowest BCUT2D eigenvalue weighted by Crippen LogP contribution is -2.38. The molecule has 110 valence electrons. The Morgan fingerprint density at radius 2 is 2.00 bits per heavy atom. The highest BCUT2D eigenvalue weighted by Crippen LogP contribution is 2.30. The summed E-state index contributed by atoms with van der Waals surface area (Å²) < 4.78 is 24.2. The van der Waals surface area contributed by atoms with Crippen molar-refractivity contribution in [3.63, 3.8) is 0 Å². The Morgan fingerprint density at radius 1 is 1.35 bits per heavy atom. The van der Waals surface area contributed by atoms with Gasteiger partial charge in [0.1, 0.15) is 5.82 Å². The maximum Gasteiger partial charge on any atom is 0.257 e. The lowest BCUT2D eigenvalue weighted by Gasteiger charge is -2.24. The second-order valence-electron chi connectivity index (χ2n) is 4.75. The van der Waals surface area contributed by atoms with E-state index in [0.29, 0.717) is 5.75 Å². The van der Waals surface area contributed by atoms with Crippen molar-refractivity contribution < 1.29 is 18.7 Å². The van der Waals surface area contributed by atoms with Crippen molar-refractivity contribution in [2.45, 2.75) is 12.5 Å². The van der Waals surface area contributed by atoms with Gasteiger partial charge in [-0.05, 0) is 19.0 Å². The highest BCUT2D eigenvalue weighted by molar-refractivity contribution is 5.95. The van der Waals surface area contributed by atoms with Crippen LogP contribution < -0.4 is 14.8 Å². The zero-order valence-electron chi connectivity index (χ0n) is 11.9. The van der Waals surface area contributed by atoms with Gasteiger partial charge in [0.15, 0.2) is 11.5 Å². The molecule has 1 atom stereocenters. The molecule has 1 fully saturated rings. The second kappa shape index (κ2) is 6.09. The first-order chi connectivity index (χ1) is 9.58. The van der Waals surface area contributed by atoms with Gasteiger partial charge in [-0.15, -0.1) is 0 Å². The summed E-state index contributed by atoms with van der Waals surface area (Å²) in [6, 6.07) is 2.65. The van der Waals surface area contributed by atoms with E-state index < -0.39 is 5.82 Å². The maximum atomic E-state index is 14.1. The van der Waals surface area contributed by atoms with Crippen LogP contribution in [0.15, 0.2) is 12.1 Å². The molecule has 0 unspecified atom stereocenters. The van der Waals surface area contributed by atoms with E-state index in [1.807, 2.05) is 0 Å². The monoisotopic (exact) mass is 282 g/mol. The third-order valence-corrected chi connectivity index (χ3v) is 3.61. The number of rotatable bonds is 4. The molecule has 6 heteroatoms. The lowest BCUT2D eigenvalue weighted by atomic mass is 10.1. The third-order valence-electron chi connectivity index (χ3n) is 3.61. The minimum atomic E-state index is -0.606. The summed E-state index contributed by atoms with van der Waals surface area (Å²) in [5.74, 6) is -0.343. The van der Waals surface area contributed by atoms with Crippen LogP contribution >= 0.6 is 0 Å². The fourth-order valence-corrected chi connectivity index (χ4v) is 2.34. The van der Waals surface area contributed by atoms with Gasteiger partial charge in [0.05, 0.1) is 19.8 Å². The van der Waals surface area contributed by atoms with Gasteiger partial charge in [-0.25, -0.2) is 4.39 Å². The topological polar surface area (TPSA) is 50.8 Å². The normalized spacial score (nSPS) is 17.9. The number of nitrogens with one attached hydrogen (secondary N) is 1. The molecule has 1 amide bonds. The highest BCUT2D eigenvalue weighted by Gasteiger charge is 2.26. The molecule has 1 aromatic carbocycles. The number of carbonyl (C=O) groups excluding carboxylic acids is 1. The Bertz CT molecular complexity index is 501. The molecule has 0 bridgehead atoms. The molecule has 1 aliphatic rings. The van der Waals surface area contributed by atoms with E-state index in [4.69, 9.17) is 9.47 Å². The minimum absolute atomic E-state index is 0.00273. The number of likely N-dealkylation sites (N-methyl/N-ethyl adjacent to an activating group) is 1. The van der Waals surface area contributed by atoms with Crippen molar-refractivity contribution in [3.8, 4) is 11.5 Å². The number of benzene rings is 1. The summed E-state index contributed by atoms with van der Waals surface area (Å²) in [5, 5.41) is 3.18. The van der Waals surface area contributed by atoms with E-state index >= 15 is 0 Å². The summed E-state index contributed by atoms with van der Waals surface area (Å²) in [7, 11) is 4.57. The van der Waals surface area contributed by atoms with Gasteiger partial charge in [-0.1, -0.05) is 0 Å². The van der Waals surface area contributed by atoms with Crippen molar-refractivity contribution in [1.29, 1.82) is 0 Å². The van der Waals surface area contributed by atoms with E-state index in [1.165, 1.54) is 26.4 Å². The highest BCUT2D eigenvalue weighted by atomic mass is 19.1. The molecule has 0 saturated carbocycles. The van der Waals surface area contributed by atoms with Gasteiger partial charge in [-0.2, -0.15) is 0 Å². The van der Waals surface area contributed by atoms with Gasteiger partial charge in [0.2, 0.25) is 0 Å². The minimum Gasteiger partial charge on any atom is -0.493 e. The Balaban J connectivity index is 2.29. The van der Waals surface area contributed by atoms with Crippen molar-refractivity contribution in [2.75, 3.05) is 34.4 Å². The summed E-state index contributed by atoms with van der Waals surface area (Å²) >= 11 is 0. The van der Waals surface area contributed by atoms with Crippen LogP contribution in [0.4, 0.5) is 4.39 Å². The number of methoxy groups -OCH3 is 2. The quantitative estimate of drug-likeness (QED) is 0.904. The number of nitrogens with zero attached hydrogens (tertiary/aromatic N) is 1. The van der Waals surface area contributed by atoms with Crippen LogP contribution in [0, 0.1) is 5.82 Å². The van der Waals surface area contributed by atoms with Gasteiger partial charge in [0, 0.05) is 25.7 Å². The van der Waals surface area contributed by atoms with Crippen molar-refractivity contribution in [1.82, 2.24) is 10.2 Å². The predicted octanol–water partition coefficient (Wildman–Crippen LogP) is 1.28. The fourth-order valence-electron chi connectivity index (χ4n) is 2.34. The molecule has 0 aromatic heterocycles. The van der Waals surface area contributed by atoms with E-state index in [1.54, 1.807) is 11.9 Å². The molecule has 5 nitrogen and oxygen atoms in total. The molecule has 2 rings (SSSR count). The van der Waals surface area contributed by atoms with E-state index in [9.17, 15) is 9.18 Å². The molecule has 0 aliphatic carbocycles. The van der Waals surface area contributed by atoms with Gasteiger partial charge < -0.3 is 19.7 Å². The van der Waals surface area contributed by atoms with Crippen LogP contribution in [0.5, 0.6) is 11.5 Å². The smallest absolute Gasteiger partial charge is 0.257 e. The predicted molar refractivity (Wildman–Crippen MR) is 72.9 cm³/mol. The van der Waals surface area contributed by atoms with E-state index in [-0.39, 0.29) is 23.3 Å². The molecular weight excluding hydrogens is 263 g/mol. The first-order valence-electron chi connectivity index (χ1n) is 6.48. The second-order valence-corrected chi connectivity index (χ2v) is 4.75. The largest absolute Gasteiger partial charge is 0.493 e. The van der Waals surface area contributed by atoms with Crippen molar-refractivity contribution in [3.05, 3.63) is 23.5 Å². The number of carbonyl (C=O) groups is 1. The number of hydrogen-bond donors (Lipinski definition) is 1. The fraction of sp³-hybridized carbons (Fsp3) is 0.500. The van der Waals surface area contributed by atoms with Gasteiger partial charge >= 0.3 is 0 Å². The summed E-state index contributed by atoms with van der Waals surface area (Å²) in [4.78, 5) is 14.0. The van der Waals surface area contributed by atoms with E-state index in [2.05, 4.69) is 5.32 Å².